The molecular weight excluding hydrogens is 194 g/mol. The van der Waals surface area contributed by atoms with Crippen LogP contribution in [-0.2, 0) is 4.79 Å². The molecule has 1 rings (SSSR count). The number of amides is 1. The van der Waals surface area contributed by atoms with Gasteiger partial charge in [0.15, 0.2) is 0 Å². The molecule has 0 aromatic rings. The summed E-state index contributed by atoms with van der Waals surface area (Å²) < 4.78 is 0. The number of allylic oxidation sites excluding steroid dienone is 1. The minimum Gasteiger partial charge on any atom is -0.326 e. The molecule has 1 aliphatic rings. The van der Waals surface area contributed by atoms with E-state index in [0.29, 0.717) is 0 Å². The van der Waals surface area contributed by atoms with Gasteiger partial charge in [-0.05, 0) is 30.6 Å². The molecule has 0 atom stereocenters. The molecule has 0 unspecified atom stereocenters. The summed E-state index contributed by atoms with van der Waals surface area (Å²) in [5, 5.41) is 6.77. The number of nitrogens with one attached hydrogen (secondary N) is 1. The highest BCUT2D eigenvalue weighted by atomic mass is 32.2. The summed E-state index contributed by atoms with van der Waals surface area (Å²) in [6, 6.07) is 0. The van der Waals surface area contributed by atoms with Gasteiger partial charge in [0, 0.05) is 11.3 Å². The summed E-state index contributed by atoms with van der Waals surface area (Å²) in [5.41, 5.74) is 1.85. The Bertz CT molecular complexity index is 268. The van der Waals surface area contributed by atoms with E-state index in [9.17, 15) is 4.79 Å². The van der Waals surface area contributed by atoms with Gasteiger partial charge in [0.05, 0.1) is 0 Å². The second-order valence-electron chi connectivity index (χ2n) is 3.49. The van der Waals surface area contributed by atoms with Gasteiger partial charge in [-0.3, -0.25) is 4.79 Å². The number of carbonyl (C=O) groups is 1. The lowest BCUT2D eigenvalue weighted by Gasteiger charge is -2.05. The van der Waals surface area contributed by atoms with E-state index in [1.54, 1.807) is 11.8 Å². The molecular formula is C11H17NOS. The van der Waals surface area contributed by atoms with Crippen LogP contribution in [0.25, 0.3) is 0 Å². The van der Waals surface area contributed by atoms with E-state index in [0.717, 1.165) is 24.1 Å². The van der Waals surface area contributed by atoms with Gasteiger partial charge in [0.25, 0.3) is 5.91 Å². The first-order chi connectivity index (χ1) is 6.74. The third-order valence-corrected chi connectivity index (χ3v) is 3.02. The minimum atomic E-state index is 0.0693. The highest BCUT2D eigenvalue weighted by molar-refractivity contribution is 8.05. The van der Waals surface area contributed by atoms with Crippen molar-refractivity contribution in [1.82, 2.24) is 5.32 Å². The molecule has 0 fully saturated rings. The molecule has 0 spiro atoms. The largest absolute Gasteiger partial charge is 0.326 e. The second-order valence-corrected chi connectivity index (χ2v) is 4.23. The number of thioether (sulfide) groups is 1. The van der Waals surface area contributed by atoms with Crippen LogP contribution in [0.5, 0.6) is 0 Å². The summed E-state index contributed by atoms with van der Waals surface area (Å²) in [5.74, 6) is 0.0693. The van der Waals surface area contributed by atoms with Crippen LogP contribution in [0.3, 0.4) is 0 Å². The summed E-state index contributed by atoms with van der Waals surface area (Å²) >= 11 is 1.59. The average Bonchev–Trinajstić information content (AvgIpc) is 2.29. The topological polar surface area (TPSA) is 29.1 Å². The second kappa shape index (κ2) is 5.91. The van der Waals surface area contributed by atoms with Crippen LogP contribution in [0.1, 0.15) is 39.5 Å². The Kier molecular flexibility index (Phi) is 4.80. The summed E-state index contributed by atoms with van der Waals surface area (Å²) in [6.45, 7) is 4.08. The van der Waals surface area contributed by atoms with Crippen LogP contribution in [0.4, 0.5) is 0 Å². The molecule has 14 heavy (non-hydrogen) atoms. The lowest BCUT2D eigenvalue weighted by Crippen LogP contribution is -2.22. The minimum absolute atomic E-state index is 0.0693. The predicted octanol–water partition coefficient (Wildman–Crippen LogP) is 3.17. The van der Waals surface area contributed by atoms with E-state index in [4.69, 9.17) is 0 Å². The van der Waals surface area contributed by atoms with Gasteiger partial charge >= 0.3 is 0 Å². The smallest absolute Gasteiger partial charge is 0.251 e. The fourth-order valence-corrected chi connectivity index (χ4v) is 2.02. The lowest BCUT2D eigenvalue weighted by atomic mass is 10.1. The Morgan fingerprint density at radius 1 is 1.36 bits per heavy atom. The molecule has 0 bridgehead atoms. The van der Waals surface area contributed by atoms with Crippen LogP contribution in [0, 0.1) is 0 Å². The van der Waals surface area contributed by atoms with Gasteiger partial charge in [-0.15, -0.1) is 11.8 Å². The monoisotopic (exact) mass is 211 g/mol. The zero-order chi connectivity index (χ0) is 10.4. The molecule has 0 saturated heterocycles. The van der Waals surface area contributed by atoms with Gasteiger partial charge in [0.2, 0.25) is 0 Å². The van der Waals surface area contributed by atoms with Gasteiger partial charge in [-0.2, -0.15) is 0 Å². The molecule has 0 aromatic carbocycles. The van der Waals surface area contributed by atoms with Gasteiger partial charge in [-0.1, -0.05) is 19.8 Å². The lowest BCUT2D eigenvalue weighted by molar-refractivity contribution is -0.116. The number of carbonyl (C=O) groups excluding carboxylic acids is 1. The Morgan fingerprint density at radius 2 is 2.14 bits per heavy atom. The van der Waals surface area contributed by atoms with E-state index >= 15 is 0 Å². The van der Waals surface area contributed by atoms with Crippen molar-refractivity contribution in [2.75, 3.05) is 0 Å². The predicted molar refractivity (Wildman–Crippen MR) is 61.7 cm³/mol. The molecule has 0 saturated carbocycles. The van der Waals surface area contributed by atoms with Crippen molar-refractivity contribution in [3.8, 4) is 0 Å². The van der Waals surface area contributed by atoms with E-state index in [1.807, 2.05) is 17.7 Å². The Hall–Kier alpha value is -0.700. The molecule has 1 heterocycles. The first-order valence-electron chi connectivity index (χ1n) is 5.06. The first kappa shape index (κ1) is 11.4. The molecule has 0 radical (unpaired) electrons. The van der Waals surface area contributed by atoms with E-state index < -0.39 is 0 Å². The molecule has 1 aliphatic heterocycles. The normalized spacial score (nSPS) is 16.9. The van der Waals surface area contributed by atoms with E-state index in [-0.39, 0.29) is 5.91 Å². The standard InChI is InChI=1S/C11H17NOS/c1-3-4-5-6-10-8-14-7-9(2)12-11(10)13/h7-8H,3-6H2,1-2H3,(H,12,13). The molecule has 1 N–H and O–H groups in total. The Balaban J connectivity index is 2.45. The highest BCUT2D eigenvalue weighted by Gasteiger charge is 2.11. The van der Waals surface area contributed by atoms with Gasteiger partial charge in [0.1, 0.15) is 0 Å². The number of unbranched alkanes of at least 4 members (excludes halogenated alkanes) is 2. The van der Waals surface area contributed by atoms with Gasteiger partial charge in [-0.25, -0.2) is 0 Å². The third-order valence-electron chi connectivity index (χ3n) is 2.11. The Morgan fingerprint density at radius 3 is 2.86 bits per heavy atom. The van der Waals surface area contributed by atoms with Crippen LogP contribution < -0.4 is 5.32 Å². The number of rotatable bonds is 4. The third kappa shape index (κ3) is 3.58. The summed E-state index contributed by atoms with van der Waals surface area (Å²) in [4.78, 5) is 11.6. The maximum absolute atomic E-state index is 11.6. The van der Waals surface area contributed by atoms with Crippen molar-refractivity contribution in [2.24, 2.45) is 0 Å². The molecule has 1 amide bonds. The quantitative estimate of drug-likeness (QED) is 0.724. The van der Waals surface area contributed by atoms with Crippen LogP contribution >= 0.6 is 11.8 Å². The van der Waals surface area contributed by atoms with Crippen molar-refractivity contribution >= 4 is 17.7 Å². The molecule has 0 aromatic heterocycles. The molecule has 2 nitrogen and oxygen atoms in total. The highest BCUT2D eigenvalue weighted by Crippen LogP contribution is 2.19. The SMILES string of the molecule is CCCCCC1=CSC=C(C)NC1=O. The fourth-order valence-electron chi connectivity index (χ4n) is 1.30. The number of hydrogen-bond donors (Lipinski definition) is 1. The summed E-state index contributed by atoms with van der Waals surface area (Å²) in [6.07, 6.45) is 4.39. The number of hydrogen-bond acceptors (Lipinski definition) is 2. The van der Waals surface area contributed by atoms with Crippen molar-refractivity contribution in [3.05, 3.63) is 22.1 Å². The van der Waals surface area contributed by atoms with Crippen LogP contribution in [0.15, 0.2) is 22.1 Å². The van der Waals surface area contributed by atoms with Crippen molar-refractivity contribution < 1.29 is 4.79 Å². The average molecular weight is 211 g/mol. The van der Waals surface area contributed by atoms with E-state index in [1.165, 1.54) is 12.8 Å². The summed E-state index contributed by atoms with van der Waals surface area (Å²) in [7, 11) is 0. The zero-order valence-corrected chi connectivity index (χ0v) is 9.62. The van der Waals surface area contributed by atoms with Crippen molar-refractivity contribution in [2.45, 2.75) is 39.5 Å². The first-order valence-corrected chi connectivity index (χ1v) is 6.01. The molecule has 0 aliphatic carbocycles. The Labute approximate surface area is 89.8 Å². The molecule has 78 valence electrons. The van der Waals surface area contributed by atoms with Crippen molar-refractivity contribution in [1.29, 1.82) is 0 Å². The van der Waals surface area contributed by atoms with Gasteiger partial charge < -0.3 is 5.32 Å². The zero-order valence-electron chi connectivity index (χ0n) is 8.80. The van der Waals surface area contributed by atoms with Crippen LogP contribution in [-0.4, -0.2) is 5.91 Å². The molecule has 3 heteroatoms. The van der Waals surface area contributed by atoms with Crippen molar-refractivity contribution in [3.63, 3.8) is 0 Å². The maximum Gasteiger partial charge on any atom is 0.251 e. The van der Waals surface area contributed by atoms with E-state index in [2.05, 4.69) is 12.2 Å². The fraction of sp³-hybridized carbons (Fsp3) is 0.545. The maximum atomic E-state index is 11.6. The van der Waals surface area contributed by atoms with Crippen LogP contribution in [0.2, 0.25) is 0 Å².